The van der Waals surface area contributed by atoms with Gasteiger partial charge < -0.3 is 20.1 Å². The van der Waals surface area contributed by atoms with Crippen molar-refractivity contribution in [2.24, 2.45) is 0 Å². The number of anilines is 2. The first kappa shape index (κ1) is 13.4. The molecule has 0 aliphatic heterocycles. The molecule has 0 bridgehead atoms. The molecular weight excluding hydrogens is 222 g/mol. The summed E-state index contributed by atoms with van der Waals surface area (Å²) in [6, 6.07) is 0.277. The van der Waals surface area contributed by atoms with Crippen molar-refractivity contribution < 1.29 is 9.84 Å². The van der Waals surface area contributed by atoms with E-state index in [1.165, 1.54) is 0 Å². The van der Waals surface area contributed by atoms with Gasteiger partial charge in [-0.3, -0.25) is 0 Å². The van der Waals surface area contributed by atoms with Crippen LogP contribution in [0.25, 0.3) is 0 Å². The highest BCUT2D eigenvalue weighted by atomic mass is 16.5. The summed E-state index contributed by atoms with van der Waals surface area (Å²) in [5, 5.41) is 11.7. The second-order valence-electron chi connectivity index (χ2n) is 3.80. The quantitative estimate of drug-likeness (QED) is 0.732. The molecule has 1 rings (SSSR count). The number of likely N-dealkylation sites (N-methyl/N-ethyl adjacent to an activating group) is 1. The van der Waals surface area contributed by atoms with Crippen molar-refractivity contribution in [3.63, 3.8) is 0 Å². The number of aliphatic hydroxyl groups is 1. The minimum atomic E-state index is -0.00176. The van der Waals surface area contributed by atoms with E-state index in [9.17, 15) is 0 Å². The Bertz CT molecular complexity index is 359. The van der Waals surface area contributed by atoms with Crippen LogP contribution in [0.3, 0.4) is 0 Å². The maximum atomic E-state index is 8.88. The van der Waals surface area contributed by atoms with E-state index in [-0.39, 0.29) is 18.7 Å². The standard InChI is InChI=1S/C10H19N5O2/c1-7(2)17-10-13-8(11-3)12-9(14-10)15(4)5-6-16/h7,16H,5-6H2,1-4H3,(H,11,12,13,14). The first-order chi connectivity index (χ1) is 8.06. The van der Waals surface area contributed by atoms with Gasteiger partial charge in [-0.25, -0.2) is 0 Å². The van der Waals surface area contributed by atoms with Crippen molar-refractivity contribution >= 4 is 11.9 Å². The van der Waals surface area contributed by atoms with Crippen LogP contribution < -0.4 is 15.0 Å². The predicted octanol–water partition coefficient (Wildman–Crippen LogP) is 0.129. The SMILES string of the molecule is CNc1nc(OC(C)C)nc(N(C)CCO)n1. The van der Waals surface area contributed by atoms with Gasteiger partial charge in [0.25, 0.3) is 0 Å². The average Bonchev–Trinajstić information content (AvgIpc) is 2.28. The molecule has 17 heavy (non-hydrogen) atoms. The van der Waals surface area contributed by atoms with Crippen LogP contribution in [-0.2, 0) is 0 Å². The van der Waals surface area contributed by atoms with Crippen LogP contribution in [0.4, 0.5) is 11.9 Å². The van der Waals surface area contributed by atoms with Crippen LogP contribution in [-0.4, -0.2) is 53.4 Å². The Labute approximate surface area is 101 Å². The third kappa shape index (κ3) is 4.03. The molecule has 96 valence electrons. The summed E-state index contributed by atoms with van der Waals surface area (Å²) >= 11 is 0. The van der Waals surface area contributed by atoms with E-state index in [0.29, 0.717) is 18.4 Å². The van der Waals surface area contributed by atoms with Gasteiger partial charge >= 0.3 is 6.01 Å². The molecule has 0 saturated heterocycles. The number of rotatable bonds is 6. The van der Waals surface area contributed by atoms with E-state index < -0.39 is 0 Å². The molecule has 2 N–H and O–H groups in total. The summed E-state index contributed by atoms with van der Waals surface area (Å²) in [4.78, 5) is 14.2. The van der Waals surface area contributed by atoms with Gasteiger partial charge in [0.1, 0.15) is 0 Å². The lowest BCUT2D eigenvalue weighted by atomic mass is 10.5. The number of hydrogen-bond acceptors (Lipinski definition) is 7. The molecule has 1 heterocycles. The lowest BCUT2D eigenvalue weighted by Crippen LogP contribution is -2.24. The van der Waals surface area contributed by atoms with Gasteiger partial charge in [-0.2, -0.15) is 15.0 Å². The second-order valence-corrected chi connectivity index (χ2v) is 3.80. The highest BCUT2D eigenvalue weighted by Crippen LogP contribution is 2.14. The summed E-state index contributed by atoms with van der Waals surface area (Å²) in [5.74, 6) is 0.907. The van der Waals surface area contributed by atoms with Gasteiger partial charge in [0, 0.05) is 20.6 Å². The number of nitrogens with one attached hydrogen (secondary N) is 1. The third-order valence-electron chi connectivity index (χ3n) is 1.94. The van der Waals surface area contributed by atoms with Crippen molar-refractivity contribution in [2.45, 2.75) is 20.0 Å². The number of hydrogen-bond donors (Lipinski definition) is 2. The monoisotopic (exact) mass is 241 g/mol. The van der Waals surface area contributed by atoms with Crippen molar-refractivity contribution in [3.8, 4) is 6.01 Å². The van der Waals surface area contributed by atoms with Crippen molar-refractivity contribution in [2.75, 3.05) is 37.5 Å². The Kier molecular flexibility index (Phi) is 4.89. The zero-order chi connectivity index (χ0) is 12.8. The molecule has 0 aliphatic carbocycles. The van der Waals surface area contributed by atoms with Crippen molar-refractivity contribution in [1.29, 1.82) is 0 Å². The summed E-state index contributed by atoms with van der Waals surface area (Å²) in [7, 11) is 3.52. The predicted molar refractivity (Wildman–Crippen MR) is 65.5 cm³/mol. The molecule has 0 saturated carbocycles. The number of aliphatic hydroxyl groups excluding tert-OH is 1. The lowest BCUT2D eigenvalue weighted by Gasteiger charge is -2.17. The zero-order valence-electron chi connectivity index (χ0n) is 10.6. The molecule has 0 amide bonds. The molecule has 0 aromatic carbocycles. The molecule has 1 aromatic rings. The third-order valence-corrected chi connectivity index (χ3v) is 1.94. The van der Waals surface area contributed by atoms with Gasteiger partial charge in [0.15, 0.2) is 0 Å². The summed E-state index contributed by atoms with van der Waals surface area (Å²) in [6.07, 6.45) is -0.00176. The molecule has 0 unspecified atom stereocenters. The van der Waals surface area contributed by atoms with Crippen molar-refractivity contribution in [3.05, 3.63) is 0 Å². The fourth-order valence-electron chi connectivity index (χ4n) is 1.14. The largest absolute Gasteiger partial charge is 0.461 e. The summed E-state index contributed by atoms with van der Waals surface area (Å²) < 4.78 is 5.43. The molecule has 0 aliphatic rings. The van der Waals surface area contributed by atoms with E-state index >= 15 is 0 Å². The van der Waals surface area contributed by atoms with Gasteiger partial charge in [0.05, 0.1) is 12.7 Å². The van der Waals surface area contributed by atoms with E-state index in [1.807, 2.05) is 13.8 Å². The Morgan fingerprint density at radius 3 is 2.59 bits per heavy atom. The van der Waals surface area contributed by atoms with Crippen LogP contribution >= 0.6 is 0 Å². The zero-order valence-corrected chi connectivity index (χ0v) is 10.6. The van der Waals surface area contributed by atoms with Crippen molar-refractivity contribution in [1.82, 2.24) is 15.0 Å². The molecule has 0 atom stereocenters. The summed E-state index contributed by atoms with van der Waals surface area (Å²) in [6.45, 7) is 4.30. The van der Waals surface area contributed by atoms with Gasteiger partial charge in [-0.1, -0.05) is 0 Å². The lowest BCUT2D eigenvalue weighted by molar-refractivity contribution is 0.222. The fraction of sp³-hybridized carbons (Fsp3) is 0.700. The molecule has 0 fully saturated rings. The Morgan fingerprint density at radius 2 is 2.06 bits per heavy atom. The molecule has 7 nitrogen and oxygen atoms in total. The van der Waals surface area contributed by atoms with Crippen LogP contribution in [0.5, 0.6) is 6.01 Å². The van der Waals surface area contributed by atoms with Gasteiger partial charge in [0.2, 0.25) is 11.9 Å². The fourth-order valence-corrected chi connectivity index (χ4v) is 1.14. The second kappa shape index (κ2) is 6.19. The normalized spacial score (nSPS) is 10.5. The van der Waals surface area contributed by atoms with Crippen LogP contribution in [0, 0.1) is 0 Å². The smallest absolute Gasteiger partial charge is 0.323 e. The van der Waals surface area contributed by atoms with E-state index in [2.05, 4.69) is 20.3 Å². The van der Waals surface area contributed by atoms with Crippen LogP contribution in [0.2, 0.25) is 0 Å². The first-order valence-electron chi connectivity index (χ1n) is 5.49. The van der Waals surface area contributed by atoms with E-state index in [4.69, 9.17) is 9.84 Å². The Morgan fingerprint density at radius 1 is 1.35 bits per heavy atom. The topological polar surface area (TPSA) is 83.4 Å². The van der Waals surface area contributed by atoms with E-state index in [0.717, 1.165) is 0 Å². The maximum Gasteiger partial charge on any atom is 0.323 e. The molecule has 1 aromatic heterocycles. The minimum absolute atomic E-state index is 0.00176. The molecular formula is C10H19N5O2. The number of nitrogens with zero attached hydrogens (tertiary/aromatic N) is 4. The Balaban J connectivity index is 2.96. The molecule has 7 heteroatoms. The highest BCUT2D eigenvalue weighted by Gasteiger charge is 2.11. The van der Waals surface area contributed by atoms with E-state index in [1.54, 1.807) is 19.0 Å². The molecule has 0 radical (unpaired) electrons. The van der Waals surface area contributed by atoms with Crippen LogP contribution in [0.1, 0.15) is 13.8 Å². The molecule has 0 spiro atoms. The number of aromatic nitrogens is 3. The first-order valence-corrected chi connectivity index (χ1v) is 5.49. The highest BCUT2D eigenvalue weighted by molar-refractivity contribution is 5.37. The van der Waals surface area contributed by atoms with Crippen LogP contribution in [0.15, 0.2) is 0 Å². The van der Waals surface area contributed by atoms with Gasteiger partial charge in [-0.15, -0.1) is 0 Å². The Hall–Kier alpha value is -1.63. The average molecular weight is 241 g/mol. The van der Waals surface area contributed by atoms with Gasteiger partial charge in [-0.05, 0) is 13.8 Å². The number of ether oxygens (including phenoxy) is 1. The minimum Gasteiger partial charge on any atom is -0.461 e. The maximum absolute atomic E-state index is 8.88. The summed E-state index contributed by atoms with van der Waals surface area (Å²) in [5.41, 5.74) is 0.